The van der Waals surface area contributed by atoms with Crippen LogP contribution in [0.2, 0.25) is 5.02 Å². The minimum absolute atomic E-state index is 0.0109. The third kappa shape index (κ3) is 5.92. The zero-order chi connectivity index (χ0) is 14.3. The average molecular weight is 287 g/mol. The number of phenolic OH excluding ortho intramolecular Hbond substituents is 1. The Balaban J connectivity index is 2.29. The van der Waals surface area contributed by atoms with Gasteiger partial charge in [-0.25, -0.2) is 0 Å². The Kier molecular flexibility index (Phi) is 6.62. The Morgan fingerprint density at radius 2 is 2.16 bits per heavy atom. The second-order valence-electron chi connectivity index (χ2n) is 4.34. The van der Waals surface area contributed by atoms with Gasteiger partial charge >= 0.3 is 0 Å². The molecule has 1 amide bonds. The molecule has 0 unspecified atom stereocenters. The van der Waals surface area contributed by atoms with E-state index in [9.17, 15) is 9.90 Å². The molecule has 106 valence electrons. The summed E-state index contributed by atoms with van der Waals surface area (Å²) in [4.78, 5) is 13.8. The Hall–Kier alpha value is -1.30. The zero-order valence-electron chi connectivity index (χ0n) is 11.1. The number of carbonyl (C=O) groups is 1. The number of benzene rings is 1. The van der Waals surface area contributed by atoms with E-state index < -0.39 is 0 Å². The fraction of sp³-hybridized carbons (Fsp3) is 0.462. The number of phenols is 1. The summed E-state index contributed by atoms with van der Waals surface area (Å²) < 4.78 is 5.35. The van der Waals surface area contributed by atoms with E-state index in [0.29, 0.717) is 24.8 Å². The number of hydrogen-bond donors (Lipinski definition) is 2. The molecule has 0 bridgehead atoms. The summed E-state index contributed by atoms with van der Waals surface area (Å²) in [7, 11) is 3.93. The molecule has 19 heavy (non-hydrogen) atoms. The zero-order valence-corrected chi connectivity index (χ0v) is 11.9. The van der Waals surface area contributed by atoms with Crippen LogP contribution in [0, 0.1) is 0 Å². The Morgan fingerprint density at radius 3 is 2.84 bits per heavy atom. The minimum Gasteiger partial charge on any atom is -0.508 e. The maximum Gasteiger partial charge on any atom is 0.253 e. The molecule has 1 rings (SSSR count). The van der Waals surface area contributed by atoms with Crippen LogP contribution in [0.5, 0.6) is 5.75 Å². The number of ether oxygens (including phenoxy) is 1. The van der Waals surface area contributed by atoms with E-state index in [4.69, 9.17) is 16.3 Å². The summed E-state index contributed by atoms with van der Waals surface area (Å²) in [5.74, 6) is -0.311. The fourth-order valence-electron chi connectivity index (χ4n) is 1.37. The Labute approximate surface area is 118 Å². The molecule has 0 fully saturated rings. The number of carbonyl (C=O) groups excluding carboxylic acids is 1. The first-order chi connectivity index (χ1) is 9.00. The summed E-state index contributed by atoms with van der Waals surface area (Å²) in [5, 5.41) is 12.3. The van der Waals surface area contributed by atoms with Crippen molar-refractivity contribution in [3.63, 3.8) is 0 Å². The van der Waals surface area contributed by atoms with E-state index in [2.05, 4.69) is 5.32 Å². The van der Waals surface area contributed by atoms with Crippen LogP contribution < -0.4 is 5.32 Å². The monoisotopic (exact) mass is 286 g/mol. The van der Waals surface area contributed by atoms with Gasteiger partial charge in [-0.15, -0.1) is 0 Å². The maximum absolute atomic E-state index is 11.8. The average Bonchev–Trinajstić information content (AvgIpc) is 2.36. The molecule has 0 aliphatic heterocycles. The number of likely N-dealkylation sites (N-methyl/N-ethyl adjacent to an activating group) is 1. The molecule has 0 aliphatic carbocycles. The Bertz CT molecular complexity index is 424. The molecule has 0 saturated carbocycles. The van der Waals surface area contributed by atoms with E-state index in [0.717, 1.165) is 6.54 Å². The van der Waals surface area contributed by atoms with E-state index in [1.54, 1.807) is 0 Å². The number of amides is 1. The van der Waals surface area contributed by atoms with Crippen molar-refractivity contribution in [1.82, 2.24) is 10.2 Å². The van der Waals surface area contributed by atoms with E-state index in [-0.39, 0.29) is 17.2 Å². The largest absolute Gasteiger partial charge is 0.508 e. The highest BCUT2D eigenvalue weighted by Gasteiger charge is 2.10. The lowest BCUT2D eigenvalue weighted by molar-refractivity contribution is 0.0900. The van der Waals surface area contributed by atoms with E-state index in [1.807, 2.05) is 19.0 Å². The van der Waals surface area contributed by atoms with Crippen molar-refractivity contribution in [3.05, 3.63) is 28.8 Å². The van der Waals surface area contributed by atoms with Gasteiger partial charge in [-0.3, -0.25) is 4.79 Å². The van der Waals surface area contributed by atoms with Gasteiger partial charge in [0.2, 0.25) is 0 Å². The van der Waals surface area contributed by atoms with Crippen LogP contribution in [0.4, 0.5) is 0 Å². The van der Waals surface area contributed by atoms with Gasteiger partial charge in [0.15, 0.2) is 0 Å². The maximum atomic E-state index is 11.8. The van der Waals surface area contributed by atoms with Gasteiger partial charge in [0.25, 0.3) is 5.91 Å². The van der Waals surface area contributed by atoms with Crippen molar-refractivity contribution >= 4 is 17.5 Å². The second kappa shape index (κ2) is 7.99. The molecule has 0 atom stereocenters. The number of aromatic hydroxyl groups is 1. The third-order valence-electron chi connectivity index (χ3n) is 2.41. The highest BCUT2D eigenvalue weighted by molar-refractivity contribution is 6.33. The number of hydrogen-bond acceptors (Lipinski definition) is 4. The molecular formula is C13H19ClN2O3. The van der Waals surface area contributed by atoms with Crippen LogP contribution in [0.15, 0.2) is 18.2 Å². The number of nitrogens with zero attached hydrogens (tertiary/aromatic N) is 1. The molecule has 0 aromatic heterocycles. The molecule has 0 aliphatic rings. The van der Waals surface area contributed by atoms with Gasteiger partial charge in [-0.1, -0.05) is 11.6 Å². The van der Waals surface area contributed by atoms with Crippen molar-refractivity contribution in [1.29, 1.82) is 0 Å². The van der Waals surface area contributed by atoms with Crippen molar-refractivity contribution in [3.8, 4) is 5.75 Å². The normalized spacial score (nSPS) is 10.7. The molecule has 1 aromatic carbocycles. The standard InChI is InChI=1S/C13H19ClN2O3/c1-16(2)6-8-19-7-5-15-13(18)11-9-10(17)3-4-12(11)14/h3-4,9,17H,5-8H2,1-2H3,(H,15,18). The highest BCUT2D eigenvalue weighted by Crippen LogP contribution is 2.20. The SMILES string of the molecule is CN(C)CCOCCNC(=O)c1cc(O)ccc1Cl. The summed E-state index contributed by atoms with van der Waals surface area (Å²) >= 11 is 5.88. The van der Waals surface area contributed by atoms with Gasteiger partial charge < -0.3 is 20.1 Å². The van der Waals surface area contributed by atoms with Gasteiger partial charge in [0, 0.05) is 13.1 Å². The summed E-state index contributed by atoms with van der Waals surface area (Å²) in [6.07, 6.45) is 0. The number of nitrogens with one attached hydrogen (secondary N) is 1. The summed E-state index contributed by atoms with van der Waals surface area (Å²) in [6, 6.07) is 4.26. The molecule has 2 N–H and O–H groups in total. The molecule has 0 heterocycles. The first-order valence-electron chi connectivity index (χ1n) is 6.00. The highest BCUT2D eigenvalue weighted by atomic mass is 35.5. The second-order valence-corrected chi connectivity index (χ2v) is 4.74. The smallest absolute Gasteiger partial charge is 0.253 e. The molecule has 6 heteroatoms. The predicted octanol–water partition coefficient (Wildman–Crippen LogP) is 1.35. The minimum atomic E-state index is -0.322. The molecule has 0 saturated heterocycles. The predicted molar refractivity (Wildman–Crippen MR) is 74.8 cm³/mol. The van der Waals surface area contributed by atoms with E-state index in [1.165, 1.54) is 18.2 Å². The lowest BCUT2D eigenvalue weighted by Crippen LogP contribution is -2.28. The molecule has 0 radical (unpaired) electrons. The topological polar surface area (TPSA) is 61.8 Å². The van der Waals surface area contributed by atoms with Gasteiger partial charge in [-0.2, -0.15) is 0 Å². The van der Waals surface area contributed by atoms with Crippen LogP contribution in [0.3, 0.4) is 0 Å². The van der Waals surface area contributed by atoms with Crippen LogP contribution in [0.25, 0.3) is 0 Å². The quantitative estimate of drug-likeness (QED) is 0.743. The van der Waals surface area contributed by atoms with Crippen LogP contribution in [-0.4, -0.2) is 56.3 Å². The first kappa shape index (κ1) is 15.8. The van der Waals surface area contributed by atoms with E-state index >= 15 is 0 Å². The van der Waals surface area contributed by atoms with Crippen molar-refractivity contribution in [2.75, 3.05) is 40.4 Å². The molecule has 1 aromatic rings. The number of rotatable bonds is 7. The van der Waals surface area contributed by atoms with Crippen LogP contribution in [0.1, 0.15) is 10.4 Å². The molecule has 5 nitrogen and oxygen atoms in total. The van der Waals surface area contributed by atoms with Crippen molar-refractivity contribution < 1.29 is 14.6 Å². The van der Waals surface area contributed by atoms with Crippen LogP contribution >= 0.6 is 11.6 Å². The van der Waals surface area contributed by atoms with Crippen LogP contribution in [-0.2, 0) is 4.74 Å². The lowest BCUT2D eigenvalue weighted by atomic mass is 10.2. The summed E-state index contributed by atoms with van der Waals surface area (Å²) in [6.45, 7) is 2.30. The Morgan fingerprint density at radius 1 is 1.42 bits per heavy atom. The first-order valence-corrected chi connectivity index (χ1v) is 6.37. The van der Waals surface area contributed by atoms with Gasteiger partial charge in [0.1, 0.15) is 5.75 Å². The third-order valence-corrected chi connectivity index (χ3v) is 2.74. The number of halogens is 1. The summed E-state index contributed by atoms with van der Waals surface area (Å²) in [5.41, 5.74) is 0.259. The molecular weight excluding hydrogens is 268 g/mol. The van der Waals surface area contributed by atoms with Gasteiger partial charge in [0.05, 0.1) is 23.8 Å². The molecule has 0 spiro atoms. The fourth-order valence-corrected chi connectivity index (χ4v) is 1.57. The van der Waals surface area contributed by atoms with Crippen molar-refractivity contribution in [2.45, 2.75) is 0 Å². The van der Waals surface area contributed by atoms with Gasteiger partial charge in [-0.05, 0) is 32.3 Å². The lowest BCUT2D eigenvalue weighted by Gasteiger charge is -2.10. The van der Waals surface area contributed by atoms with Crippen molar-refractivity contribution in [2.24, 2.45) is 0 Å².